The molecule has 0 spiro atoms. The van der Waals surface area contributed by atoms with Crippen LogP contribution in [0.1, 0.15) is 25.7 Å². The van der Waals surface area contributed by atoms with Crippen molar-refractivity contribution in [1.82, 2.24) is 0 Å². The average Bonchev–Trinajstić information content (AvgIpc) is 2.62. The molecule has 1 fully saturated rings. The van der Waals surface area contributed by atoms with Gasteiger partial charge in [-0.3, -0.25) is 4.79 Å². The topological polar surface area (TPSA) is 33.5 Å². The minimum absolute atomic E-state index is 0.0841. The zero-order valence-electron chi connectivity index (χ0n) is 10.8. The quantitative estimate of drug-likeness (QED) is 0.853. The van der Waals surface area contributed by atoms with E-state index in [0.29, 0.717) is 6.54 Å². The van der Waals surface area contributed by atoms with E-state index in [2.05, 4.69) is 5.32 Å². The summed E-state index contributed by atoms with van der Waals surface area (Å²) in [5.74, 6) is -1.43. The first-order chi connectivity index (χ1) is 9.15. The number of hydrogen-bond donors (Lipinski definition) is 2. The highest BCUT2D eigenvalue weighted by atomic mass is 19.1. The Morgan fingerprint density at radius 3 is 2.53 bits per heavy atom. The van der Waals surface area contributed by atoms with Crippen LogP contribution in [0, 0.1) is 11.6 Å². The predicted molar refractivity (Wildman–Crippen MR) is 69.0 cm³/mol. The standard InChI is InChI=1S/C14H18F2N2O/c15-11-5-6-12(16)13(9-11)17-14(19)10-18-7-3-1-2-4-8-18/h5-6,9H,1-4,7-8,10H2,(H,17,19)/p+1. The molecular formula is C14H19F2N2O+. The van der Waals surface area contributed by atoms with Crippen molar-refractivity contribution in [1.29, 1.82) is 0 Å². The number of nitrogens with one attached hydrogen (secondary N) is 2. The molecule has 0 atom stereocenters. The van der Waals surface area contributed by atoms with Crippen LogP contribution in [0.4, 0.5) is 14.5 Å². The van der Waals surface area contributed by atoms with Crippen LogP contribution in [-0.2, 0) is 4.79 Å². The third kappa shape index (κ3) is 4.28. The second-order valence-corrected chi connectivity index (χ2v) is 5.01. The van der Waals surface area contributed by atoms with Crippen molar-refractivity contribution in [2.75, 3.05) is 25.0 Å². The van der Waals surface area contributed by atoms with Crippen molar-refractivity contribution in [2.45, 2.75) is 25.7 Å². The third-order valence-corrected chi connectivity index (χ3v) is 3.42. The summed E-state index contributed by atoms with van der Waals surface area (Å²) in [7, 11) is 0. The summed E-state index contributed by atoms with van der Waals surface area (Å²) in [5, 5.41) is 2.44. The van der Waals surface area contributed by atoms with Gasteiger partial charge in [-0.25, -0.2) is 8.78 Å². The number of carbonyl (C=O) groups excluding carboxylic acids is 1. The number of benzene rings is 1. The zero-order valence-corrected chi connectivity index (χ0v) is 10.8. The molecule has 0 radical (unpaired) electrons. The molecule has 104 valence electrons. The van der Waals surface area contributed by atoms with Gasteiger partial charge in [-0.2, -0.15) is 0 Å². The Morgan fingerprint density at radius 1 is 1.16 bits per heavy atom. The van der Waals surface area contributed by atoms with Gasteiger partial charge in [-0.1, -0.05) is 0 Å². The van der Waals surface area contributed by atoms with Crippen LogP contribution in [0.2, 0.25) is 0 Å². The number of quaternary nitrogens is 1. The van der Waals surface area contributed by atoms with E-state index in [1.54, 1.807) is 0 Å². The summed E-state index contributed by atoms with van der Waals surface area (Å²) in [6.07, 6.45) is 4.67. The number of hydrogen-bond acceptors (Lipinski definition) is 1. The molecule has 1 aliphatic heterocycles. The van der Waals surface area contributed by atoms with E-state index >= 15 is 0 Å². The van der Waals surface area contributed by atoms with Crippen LogP contribution in [0.15, 0.2) is 18.2 Å². The van der Waals surface area contributed by atoms with Gasteiger partial charge in [0.2, 0.25) is 0 Å². The van der Waals surface area contributed by atoms with E-state index in [4.69, 9.17) is 0 Å². The Labute approximate surface area is 111 Å². The van der Waals surface area contributed by atoms with Crippen LogP contribution in [-0.4, -0.2) is 25.5 Å². The smallest absolute Gasteiger partial charge is 0.279 e. The number of carbonyl (C=O) groups is 1. The molecule has 2 rings (SSSR count). The van der Waals surface area contributed by atoms with Gasteiger partial charge >= 0.3 is 0 Å². The minimum atomic E-state index is -0.611. The first kappa shape index (κ1) is 13.9. The first-order valence-corrected chi connectivity index (χ1v) is 6.73. The van der Waals surface area contributed by atoms with Crippen molar-refractivity contribution >= 4 is 11.6 Å². The molecule has 0 saturated carbocycles. The molecule has 19 heavy (non-hydrogen) atoms. The van der Waals surface area contributed by atoms with Crippen LogP contribution < -0.4 is 10.2 Å². The Balaban J connectivity index is 1.91. The lowest BCUT2D eigenvalue weighted by Crippen LogP contribution is -3.12. The maximum atomic E-state index is 13.4. The second-order valence-electron chi connectivity index (χ2n) is 5.01. The summed E-state index contributed by atoms with van der Waals surface area (Å²) < 4.78 is 26.4. The molecule has 0 unspecified atom stereocenters. The van der Waals surface area contributed by atoms with Crippen molar-refractivity contribution in [3.8, 4) is 0 Å². The van der Waals surface area contributed by atoms with Crippen molar-refractivity contribution in [3.05, 3.63) is 29.8 Å². The zero-order chi connectivity index (χ0) is 13.7. The molecule has 1 aromatic carbocycles. The molecule has 1 aromatic rings. The van der Waals surface area contributed by atoms with Gasteiger partial charge in [0.15, 0.2) is 6.54 Å². The highest BCUT2D eigenvalue weighted by molar-refractivity contribution is 5.91. The van der Waals surface area contributed by atoms with Crippen molar-refractivity contribution in [3.63, 3.8) is 0 Å². The van der Waals surface area contributed by atoms with E-state index in [9.17, 15) is 13.6 Å². The van der Waals surface area contributed by atoms with Gasteiger partial charge < -0.3 is 10.2 Å². The van der Waals surface area contributed by atoms with Crippen molar-refractivity contribution in [2.24, 2.45) is 0 Å². The van der Waals surface area contributed by atoms with E-state index in [-0.39, 0.29) is 11.6 Å². The molecule has 1 heterocycles. The van der Waals surface area contributed by atoms with Crippen LogP contribution >= 0.6 is 0 Å². The van der Waals surface area contributed by atoms with Crippen LogP contribution in [0.25, 0.3) is 0 Å². The summed E-state index contributed by atoms with van der Waals surface area (Å²) in [4.78, 5) is 13.1. The molecule has 2 N–H and O–H groups in total. The Bertz CT molecular complexity index is 443. The normalized spacial score (nSPS) is 16.9. The fraction of sp³-hybridized carbons (Fsp3) is 0.500. The maximum absolute atomic E-state index is 13.4. The van der Waals surface area contributed by atoms with E-state index in [1.807, 2.05) is 0 Å². The van der Waals surface area contributed by atoms with Gasteiger partial charge in [-0.05, 0) is 37.8 Å². The fourth-order valence-corrected chi connectivity index (χ4v) is 2.42. The number of halogens is 2. The van der Waals surface area contributed by atoms with Crippen molar-refractivity contribution < 1.29 is 18.5 Å². The first-order valence-electron chi connectivity index (χ1n) is 6.73. The lowest BCUT2D eigenvalue weighted by atomic mass is 10.2. The molecule has 3 nitrogen and oxygen atoms in total. The number of likely N-dealkylation sites (tertiary alicyclic amines) is 1. The SMILES string of the molecule is O=C(C[NH+]1CCCCCC1)Nc1cc(F)ccc1F. The van der Waals surface area contributed by atoms with Crippen LogP contribution in [0.5, 0.6) is 0 Å². The summed E-state index contributed by atoms with van der Waals surface area (Å²) in [6.45, 7) is 2.26. The van der Waals surface area contributed by atoms with Crippen LogP contribution in [0.3, 0.4) is 0 Å². The summed E-state index contributed by atoms with van der Waals surface area (Å²) >= 11 is 0. The molecule has 1 saturated heterocycles. The van der Waals surface area contributed by atoms with Gasteiger partial charge in [0.25, 0.3) is 5.91 Å². The predicted octanol–water partition coefficient (Wildman–Crippen LogP) is 1.36. The molecule has 0 aromatic heterocycles. The summed E-state index contributed by atoms with van der Waals surface area (Å²) in [5.41, 5.74) is -0.0841. The maximum Gasteiger partial charge on any atom is 0.279 e. The number of rotatable bonds is 3. The minimum Gasteiger partial charge on any atom is -0.327 e. The Kier molecular flexibility index (Phi) is 4.85. The highest BCUT2D eigenvalue weighted by Crippen LogP contribution is 2.14. The monoisotopic (exact) mass is 269 g/mol. The highest BCUT2D eigenvalue weighted by Gasteiger charge is 2.17. The largest absolute Gasteiger partial charge is 0.327 e. The van der Waals surface area contributed by atoms with E-state index in [0.717, 1.165) is 44.1 Å². The molecule has 0 bridgehead atoms. The average molecular weight is 269 g/mol. The van der Waals surface area contributed by atoms with Gasteiger partial charge in [0, 0.05) is 6.07 Å². The Hall–Kier alpha value is -1.49. The molecule has 1 aliphatic rings. The molecule has 0 aliphatic carbocycles. The number of amides is 1. The van der Waals surface area contributed by atoms with Gasteiger partial charge in [0.1, 0.15) is 11.6 Å². The Morgan fingerprint density at radius 2 is 1.84 bits per heavy atom. The van der Waals surface area contributed by atoms with E-state index < -0.39 is 11.6 Å². The molecular weight excluding hydrogens is 250 g/mol. The lowest BCUT2D eigenvalue weighted by molar-refractivity contribution is -0.890. The third-order valence-electron chi connectivity index (χ3n) is 3.42. The lowest BCUT2D eigenvalue weighted by Gasteiger charge is -2.16. The summed E-state index contributed by atoms with van der Waals surface area (Å²) in [6, 6.07) is 3.06. The second kappa shape index (κ2) is 6.61. The molecule has 5 heteroatoms. The van der Waals surface area contributed by atoms with E-state index in [1.165, 1.54) is 17.7 Å². The molecule has 1 amide bonds. The fourth-order valence-electron chi connectivity index (χ4n) is 2.42. The van der Waals surface area contributed by atoms with Gasteiger partial charge in [-0.15, -0.1) is 0 Å². The number of anilines is 1. The van der Waals surface area contributed by atoms with Gasteiger partial charge in [0.05, 0.1) is 18.8 Å².